The van der Waals surface area contributed by atoms with E-state index in [1.165, 1.54) is 6.42 Å². The number of hydrogen-bond acceptors (Lipinski definition) is 3. The van der Waals surface area contributed by atoms with Gasteiger partial charge in [0.25, 0.3) is 5.91 Å². The van der Waals surface area contributed by atoms with Crippen LogP contribution in [0.15, 0.2) is 28.9 Å². The topological polar surface area (TPSA) is 51.3 Å². The van der Waals surface area contributed by atoms with Crippen LogP contribution >= 0.6 is 11.6 Å². The monoisotopic (exact) mass is 307 g/mol. The molecule has 0 bridgehead atoms. The van der Waals surface area contributed by atoms with Gasteiger partial charge in [0.1, 0.15) is 5.76 Å². The number of halogens is 1. The van der Waals surface area contributed by atoms with Crippen molar-refractivity contribution in [1.82, 2.24) is 14.7 Å². The highest BCUT2D eigenvalue weighted by molar-refractivity contribution is 6.30. The van der Waals surface area contributed by atoms with Gasteiger partial charge in [-0.25, -0.2) is 0 Å². The lowest BCUT2D eigenvalue weighted by Gasteiger charge is -2.32. The summed E-state index contributed by atoms with van der Waals surface area (Å²) in [5.74, 6) is 1.08. The third-order valence-electron chi connectivity index (χ3n) is 3.86. The second-order valence-electron chi connectivity index (χ2n) is 5.47. The van der Waals surface area contributed by atoms with Crippen LogP contribution in [-0.2, 0) is 6.54 Å². The molecule has 2 aromatic rings. The predicted octanol–water partition coefficient (Wildman–Crippen LogP) is 3.19. The highest BCUT2D eigenvalue weighted by Gasteiger charge is 2.26. The molecule has 1 unspecified atom stereocenters. The Labute approximate surface area is 128 Å². The second-order valence-corrected chi connectivity index (χ2v) is 5.90. The van der Waals surface area contributed by atoms with E-state index in [-0.39, 0.29) is 11.9 Å². The molecule has 3 rings (SSSR count). The van der Waals surface area contributed by atoms with E-state index < -0.39 is 0 Å². The molecular formula is C15H18ClN3O2. The van der Waals surface area contributed by atoms with Gasteiger partial charge in [0.2, 0.25) is 0 Å². The number of aromatic nitrogens is 2. The van der Waals surface area contributed by atoms with Gasteiger partial charge in [-0.05, 0) is 38.3 Å². The average Bonchev–Trinajstić information content (AvgIpc) is 3.08. The van der Waals surface area contributed by atoms with Crippen LogP contribution in [0.4, 0.5) is 0 Å². The molecular weight excluding hydrogens is 290 g/mol. The Balaban J connectivity index is 1.70. The number of piperidine rings is 1. The molecule has 0 N–H and O–H groups in total. The first-order chi connectivity index (χ1) is 10.1. The number of nitrogens with zero attached hydrogens (tertiary/aromatic N) is 3. The molecule has 0 aliphatic carbocycles. The molecule has 2 aromatic heterocycles. The Morgan fingerprint density at radius 2 is 2.33 bits per heavy atom. The normalized spacial score (nSPS) is 19.0. The largest absolute Gasteiger partial charge is 0.454 e. The second kappa shape index (κ2) is 5.93. The SMILES string of the molecule is CC1CCCCN1C(=O)c1ccc(Cn2cc(Cl)cn2)o1. The van der Waals surface area contributed by atoms with E-state index in [4.69, 9.17) is 16.0 Å². The molecule has 1 aliphatic heterocycles. The van der Waals surface area contributed by atoms with Crippen molar-refractivity contribution in [1.29, 1.82) is 0 Å². The first kappa shape index (κ1) is 14.2. The van der Waals surface area contributed by atoms with Crippen LogP contribution in [0.25, 0.3) is 0 Å². The first-order valence-electron chi connectivity index (χ1n) is 7.21. The predicted molar refractivity (Wildman–Crippen MR) is 79.4 cm³/mol. The van der Waals surface area contributed by atoms with Gasteiger partial charge < -0.3 is 9.32 Å². The van der Waals surface area contributed by atoms with Crippen molar-refractivity contribution in [2.45, 2.75) is 38.8 Å². The number of furan rings is 1. The molecule has 0 spiro atoms. The lowest BCUT2D eigenvalue weighted by atomic mass is 10.0. The molecule has 3 heterocycles. The lowest BCUT2D eigenvalue weighted by molar-refractivity contribution is 0.0601. The Bertz CT molecular complexity index is 634. The van der Waals surface area contributed by atoms with Crippen molar-refractivity contribution in [2.24, 2.45) is 0 Å². The smallest absolute Gasteiger partial charge is 0.289 e. The molecule has 1 fully saturated rings. The average molecular weight is 308 g/mol. The maximum absolute atomic E-state index is 12.5. The molecule has 5 nitrogen and oxygen atoms in total. The Hall–Kier alpha value is -1.75. The Kier molecular flexibility index (Phi) is 4.01. The highest BCUT2D eigenvalue weighted by Crippen LogP contribution is 2.20. The van der Waals surface area contributed by atoms with Crippen LogP contribution in [0, 0.1) is 0 Å². The van der Waals surface area contributed by atoms with Crippen molar-refractivity contribution in [3.63, 3.8) is 0 Å². The summed E-state index contributed by atoms with van der Waals surface area (Å²) in [4.78, 5) is 14.4. The zero-order valence-corrected chi connectivity index (χ0v) is 12.7. The maximum atomic E-state index is 12.5. The number of hydrogen-bond donors (Lipinski definition) is 0. The summed E-state index contributed by atoms with van der Waals surface area (Å²) in [6.45, 7) is 3.37. The van der Waals surface area contributed by atoms with Gasteiger partial charge in [-0.15, -0.1) is 0 Å². The van der Waals surface area contributed by atoms with E-state index in [2.05, 4.69) is 12.0 Å². The molecule has 1 amide bonds. The van der Waals surface area contributed by atoms with Crippen LogP contribution in [0.2, 0.25) is 5.02 Å². The summed E-state index contributed by atoms with van der Waals surface area (Å²) in [6.07, 6.45) is 6.61. The van der Waals surface area contributed by atoms with Crippen LogP contribution in [0.5, 0.6) is 0 Å². The van der Waals surface area contributed by atoms with Gasteiger partial charge in [-0.2, -0.15) is 5.10 Å². The molecule has 0 radical (unpaired) electrons. The van der Waals surface area contributed by atoms with Crippen LogP contribution in [0.1, 0.15) is 42.5 Å². The molecule has 1 atom stereocenters. The third-order valence-corrected chi connectivity index (χ3v) is 4.05. The van der Waals surface area contributed by atoms with Gasteiger partial charge in [0.15, 0.2) is 5.76 Å². The van der Waals surface area contributed by atoms with Crippen LogP contribution < -0.4 is 0 Å². The van der Waals surface area contributed by atoms with E-state index in [1.807, 2.05) is 11.0 Å². The van der Waals surface area contributed by atoms with Crippen molar-refractivity contribution in [3.05, 3.63) is 41.1 Å². The van der Waals surface area contributed by atoms with E-state index in [0.717, 1.165) is 19.4 Å². The summed E-state index contributed by atoms with van der Waals surface area (Å²) in [7, 11) is 0. The van der Waals surface area contributed by atoms with Crippen molar-refractivity contribution in [3.8, 4) is 0 Å². The number of carbonyl (C=O) groups excluding carboxylic acids is 1. The van der Waals surface area contributed by atoms with Crippen molar-refractivity contribution >= 4 is 17.5 Å². The lowest BCUT2D eigenvalue weighted by Crippen LogP contribution is -2.41. The van der Waals surface area contributed by atoms with Gasteiger partial charge in [0.05, 0.1) is 17.8 Å². The fourth-order valence-corrected chi connectivity index (χ4v) is 2.86. The molecule has 1 saturated heterocycles. The summed E-state index contributed by atoms with van der Waals surface area (Å²) >= 11 is 5.83. The van der Waals surface area contributed by atoms with E-state index in [0.29, 0.717) is 23.1 Å². The molecule has 0 aromatic carbocycles. The number of rotatable bonds is 3. The van der Waals surface area contributed by atoms with Crippen LogP contribution in [0.3, 0.4) is 0 Å². The van der Waals surface area contributed by atoms with Gasteiger partial charge in [-0.3, -0.25) is 9.48 Å². The number of likely N-dealkylation sites (tertiary alicyclic amines) is 1. The summed E-state index contributed by atoms with van der Waals surface area (Å²) in [6, 6.07) is 3.84. The number of carbonyl (C=O) groups is 1. The van der Waals surface area contributed by atoms with Gasteiger partial charge in [-0.1, -0.05) is 11.6 Å². The summed E-state index contributed by atoms with van der Waals surface area (Å²) in [5.41, 5.74) is 0. The van der Waals surface area contributed by atoms with Crippen molar-refractivity contribution in [2.75, 3.05) is 6.54 Å². The van der Waals surface area contributed by atoms with E-state index in [1.54, 1.807) is 23.1 Å². The highest BCUT2D eigenvalue weighted by atomic mass is 35.5. The fraction of sp³-hybridized carbons (Fsp3) is 0.467. The third kappa shape index (κ3) is 3.13. The van der Waals surface area contributed by atoms with E-state index in [9.17, 15) is 4.79 Å². The van der Waals surface area contributed by atoms with E-state index >= 15 is 0 Å². The minimum absolute atomic E-state index is 0.0213. The first-order valence-corrected chi connectivity index (χ1v) is 7.59. The Morgan fingerprint density at radius 1 is 1.48 bits per heavy atom. The molecule has 1 aliphatic rings. The number of amides is 1. The summed E-state index contributed by atoms with van der Waals surface area (Å²) in [5, 5.41) is 4.68. The minimum atomic E-state index is -0.0213. The van der Waals surface area contributed by atoms with Crippen molar-refractivity contribution < 1.29 is 9.21 Å². The van der Waals surface area contributed by atoms with Gasteiger partial charge >= 0.3 is 0 Å². The molecule has 21 heavy (non-hydrogen) atoms. The van der Waals surface area contributed by atoms with Crippen LogP contribution in [-0.4, -0.2) is 33.2 Å². The maximum Gasteiger partial charge on any atom is 0.289 e. The van der Waals surface area contributed by atoms with Gasteiger partial charge in [0, 0.05) is 18.8 Å². The molecule has 6 heteroatoms. The zero-order chi connectivity index (χ0) is 14.8. The quantitative estimate of drug-likeness (QED) is 0.875. The minimum Gasteiger partial charge on any atom is -0.454 e. The molecule has 0 saturated carbocycles. The summed E-state index contributed by atoms with van der Waals surface area (Å²) < 4.78 is 7.34. The fourth-order valence-electron chi connectivity index (χ4n) is 2.70. The Morgan fingerprint density at radius 3 is 3.05 bits per heavy atom. The zero-order valence-electron chi connectivity index (χ0n) is 12.0. The molecule has 112 valence electrons. The standard InChI is InChI=1S/C15H18ClN3O2/c1-11-4-2-3-7-19(11)15(20)14-6-5-13(21-14)10-18-9-12(16)8-17-18/h5-6,8-9,11H,2-4,7,10H2,1H3.